The van der Waals surface area contributed by atoms with E-state index in [2.05, 4.69) is 22.8 Å². The topological polar surface area (TPSA) is 70.7 Å². The smallest absolute Gasteiger partial charge is 0.262 e. The predicted octanol–water partition coefficient (Wildman–Crippen LogP) is 3.34. The van der Waals surface area contributed by atoms with Crippen LogP contribution in [0.15, 0.2) is 36.4 Å². The van der Waals surface area contributed by atoms with Crippen molar-refractivity contribution in [1.82, 2.24) is 5.32 Å². The number of nitrogens with one attached hydrogen (secondary N) is 2. The molecule has 29 heavy (non-hydrogen) atoms. The molecule has 0 fully saturated rings. The molecule has 1 aliphatic rings. The van der Waals surface area contributed by atoms with Crippen molar-refractivity contribution < 1.29 is 14.3 Å². The summed E-state index contributed by atoms with van der Waals surface area (Å²) >= 11 is 0. The van der Waals surface area contributed by atoms with Crippen molar-refractivity contribution in [2.75, 3.05) is 29.9 Å². The molecule has 3 rings (SSSR count). The summed E-state index contributed by atoms with van der Waals surface area (Å²) in [6, 6.07) is 11.6. The molecule has 154 valence electrons. The van der Waals surface area contributed by atoms with Gasteiger partial charge in [0.05, 0.1) is 18.8 Å². The molecule has 0 saturated heterocycles. The molecule has 6 nitrogen and oxygen atoms in total. The van der Waals surface area contributed by atoms with Gasteiger partial charge in [0.25, 0.3) is 5.91 Å². The summed E-state index contributed by atoms with van der Waals surface area (Å²) in [5, 5.41) is 5.92. The Kier molecular flexibility index (Phi) is 6.42. The van der Waals surface area contributed by atoms with Gasteiger partial charge in [0.1, 0.15) is 5.75 Å². The Balaban J connectivity index is 1.76. The number of aryl methyl sites for hydroxylation is 3. The minimum absolute atomic E-state index is 0.121. The van der Waals surface area contributed by atoms with Crippen LogP contribution in [0.2, 0.25) is 0 Å². The van der Waals surface area contributed by atoms with Gasteiger partial charge in [0.2, 0.25) is 5.91 Å². The first kappa shape index (κ1) is 20.7. The van der Waals surface area contributed by atoms with E-state index in [-0.39, 0.29) is 18.4 Å². The van der Waals surface area contributed by atoms with Crippen molar-refractivity contribution >= 4 is 23.2 Å². The van der Waals surface area contributed by atoms with Crippen LogP contribution < -0.4 is 20.3 Å². The molecule has 2 aromatic rings. The minimum atomic E-state index is -0.646. The Morgan fingerprint density at radius 3 is 2.52 bits per heavy atom. The highest BCUT2D eigenvalue weighted by molar-refractivity contribution is 5.96. The lowest BCUT2D eigenvalue weighted by molar-refractivity contribution is -0.128. The Hall–Kier alpha value is -3.02. The van der Waals surface area contributed by atoms with E-state index < -0.39 is 6.10 Å². The third kappa shape index (κ3) is 4.88. The van der Waals surface area contributed by atoms with Gasteiger partial charge in [-0.1, -0.05) is 36.8 Å². The highest BCUT2D eigenvalue weighted by Crippen LogP contribution is 2.33. The number of carbonyl (C=O) groups is 2. The third-order valence-electron chi connectivity index (χ3n) is 4.98. The molecule has 1 unspecified atom stereocenters. The third-order valence-corrected chi connectivity index (χ3v) is 4.98. The van der Waals surface area contributed by atoms with E-state index in [0.717, 1.165) is 28.9 Å². The molecule has 0 spiro atoms. The number of carbonyl (C=O) groups excluding carboxylic acids is 2. The summed E-state index contributed by atoms with van der Waals surface area (Å²) < 4.78 is 5.89. The molecule has 1 aliphatic heterocycles. The van der Waals surface area contributed by atoms with Crippen molar-refractivity contribution in [2.24, 2.45) is 0 Å². The van der Waals surface area contributed by atoms with E-state index in [1.165, 1.54) is 5.56 Å². The van der Waals surface area contributed by atoms with Crippen LogP contribution in [0.3, 0.4) is 0 Å². The van der Waals surface area contributed by atoms with Crippen molar-refractivity contribution in [3.63, 3.8) is 0 Å². The summed E-state index contributed by atoms with van der Waals surface area (Å²) in [5.41, 5.74) is 4.91. The second kappa shape index (κ2) is 8.99. The number of hydrogen-bond acceptors (Lipinski definition) is 4. The van der Waals surface area contributed by atoms with E-state index in [0.29, 0.717) is 18.8 Å². The van der Waals surface area contributed by atoms with Gasteiger partial charge >= 0.3 is 0 Å². The van der Waals surface area contributed by atoms with Crippen LogP contribution in [-0.4, -0.2) is 37.6 Å². The van der Waals surface area contributed by atoms with Gasteiger partial charge in [0.15, 0.2) is 6.10 Å². The van der Waals surface area contributed by atoms with Gasteiger partial charge in [-0.2, -0.15) is 0 Å². The second-order valence-corrected chi connectivity index (χ2v) is 7.57. The first-order valence-electron chi connectivity index (χ1n) is 10.0. The number of benzene rings is 2. The van der Waals surface area contributed by atoms with Crippen LogP contribution in [0.1, 0.15) is 30.0 Å². The quantitative estimate of drug-likeness (QED) is 0.787. The number of ether oxygens (including phenoxy) is 1. The van der Waals surface area contributed by atoms with E-state index >= 15 is 0 Å². The lowest BCUT2D eigenvalue weighted by atomic mass is 10.1. The van der Waals surface area contributed by atoms with E-state index in [1.807, 2.05) is 56.9 Å². The zero-order valence-corrected chi connectivity index (χ0v) is 17.5. The van der Waals surface area contributed by atoms with E-state index in [1.54, 1.807) is 0 Å². The lowest BCUT2D eigenvalue weighted by Gasteiger charge is -2.35. The Bertz CT molecular complexity index is 887. The maximum atomic E-state index is 12.8. The van der Waals surface area contributed by atoms with Crippen LogP contribution in [0, 0.1) is 20.8 Å². The summed E-state index contributed by atoms with van der Waals surface area (Å²) in [6.45, 7) is 9.10. The number of para-hydroxylation sites is 2. The summed E-state index contributed by atoms with van der Waals surface area (Å²) in [4.78, 5) is 27.2. The SMILES string of the molecule is CCCNC(=O)C1CN(CC(=O)Nc2c(C)cc(C)cc2C)c2ccccc2O1. The molecule has 0 saturated carbocycles. The molecule has 1 atom stereocenters. The number of nitrogens with zero attached hydrogens (tertiary/aromatic N) is 1. The van der Waals surface area contributed by atoms with Crippen LogP contribution in [0.5, 0.6) is 5.75 Å². The molecule has 6 heteroatoms. The first-order chi connectivity index (χ1) is 13.9. The lowest BCUT2D eigenvalue weighted by Crippen LogP contribution is -2.50. The molecule has 0 bridgehead atoms. The van der Waals surface area contributed by atoms with Gasteiger partial charge < -0.3 is 20.3 Å². The molecule has 0 aromatic heterocycles. The van der Waals surface area contributed by atoms with Crippen LogP contribution >= 0.6 is 0 Å². The molecular weight excluding hydrogens is 366 g/mol. The molecule has 2 aromatic carbocycles. The Labute approximate surface area is 172 Å². The van der Waals surface area contributed by atoms with Gasteiger partial charge in [0, 0.05) is 12.2 Å². The number of amides is 2. The minimum Gasteiger partial charge on any atom is -0.477 e. The fourth-order valence-corrected chi connectivity index (χ4v) is 3.68. The highest BCUT2D eigenvalue weighted by Gasteiger charge is 2.31. The van der Waals surface area contributed by atoms with Crippen molar-refractivity contribution in [3.05, 3.63) is 53.1 Å². The van der Waals surface area contributed by atoms with Crippen LogP contribution in [0.4, 0.5) is 11.4 Å². The summed E-state index contributed by atoms with van der Waals surface area (Å²) in [5.74, 6) is 0.340. The van der Waals surface area contributed by atoms with Crippen LogP contribution in [-0.2, 0) is 9.59 Å². The molecule has 2 amide bonds. The summed E-state index contributed by atoms with van der Waals surface area (Å²) in [7, 11) is 0. The number of anilines is 2. The maximum absolute atomic E-state index is 12.8. The molecule has 1 heterocycles. The van der Waals surface area contributed by atoms with Gasteiger partial charge in [-0.25, -0.2) is 0 Å². The van der Waals surface area contributed by atoms with Gasteiger partial charge in [-0.05, 0) is 50.5 Å². The fraction of sp³-hybridized carbons (Fsp3) is 0.391. The standard InChI is InChI=1S/C23H29N3O3/c1-5-10-24-23(28)20-13-26(18-8-6-7-9-19(18)29-20)14-21(27)25-22-16(3)11-15(2)12-17(22)4/h6-9,11-12,20H,5,10,13-14H2,1-4H3,(H,24,28)(H,25,27). The van der Waals surface area contributed by atoms with E-state index in [4.69, 9.17) is 4.74 Å². The second-order valence-electron chi connectivity index (χ2n) is 7.57. The normalized spacial score (nSPS) is 15.3. The molecule has 0 radical (unpaired) electrons. The predicted molar refractivity (Wildman–Crippen MR) is 116 cm³/mol. The van der Waals surface area contributed by atoms with Crippen LogP contribution in [0.25, 0.3) is 0 Å². The van der Waals surface area contributed by atoms with Gasteiger partial charge in [-0.15, -0.1) is 0 Å². The highest BCUT2D eigenvalue weighted by atomic mass is 16.5. The largest absolute Gasteiger partial charge is 0.477 e. The monoisotopic (exact) mass is 395 g/mol. The van der Waals surface area contributed by atoms with Crippen molar-refractivity contribution in [2.45, 2.75) is 40.2 Å². The van der Waals surface area contributed by atoms with Crippen molar-refractivity contribution in [1.29, 1.82) is 0 Å². The molecule has 0 aliphatic carbocycles. The fourth-order valence-electron chi connectivity index (χ4n) is 3.68. The average Bonchev–Trinajstić information content (AvgIpc) is 2.68. The zero-order chi connectivity index (χ0) is 21.0. The van der Waals surface area contributed by atoms with Gasteiger partial charge in [-0.3, -0.25) is 9.59 Å². The average molecular weight is 396 g/mol. The number of fused-ring (bicyclic) bond motifs is 1. The Morgan fingerprint density at radius 2 is 1.83 bits per heavy atom. The van der Waals surface area contributed by atoms with E-state index in [9.17, 15) is 9.59 Å². The van der Waals surface area contributed by atoms with Crippen molar-refractivity contribution in [3.8, 4) is 5.75 Å². The molecule has 2 N–H and O–H groups in total. The first-order valence-corrected chi connectivity index (χ1v) is 10.0. The Morgan fingerprint density at radius 1 is 1.14 bits per heavy atom. The summed E-state index contributed by atoms with van der Waals surface area (Å²) in [6.07, 6.45) is 0.211. The number of hydrogen-bond donors (Lipinski definition) is 2. The zero-order valence-electron chi connectivity index (χ0n) is 17.5. The maximum Gasteiger partial charge on any atom is 0.262 e. The number of rotatable bonds is 6. The molecular formula is C23H29N3O3.